The third-order valence-corrected chi connectivity index (χ3v) is 3.48. The smallest absolute Gasteiger partial charge is 0.238 e. The van der Waals surface area contributed by atoms with Gasteiger partial charge in [0.05, 0.1) is 6.54 Å². The molecule has 1 aromatic carbocycles. The molecule has 0 bridgehead atoms. The molecule has 0 spiro atoms. The number of hydrogen-bond acceptors (Lipinski definition) is 3. The Balaban J connectivity index is 1.75. The Morgan fingerprint density at radius 1 is 1.28 bits per heavy atom. The van der Waals surface area contributed by atoms with Crippen LogP contribution in [0.25, 0.3) is 0 Å². The largest absolute Gasteiger partial charge is 0.396 e. The molecule has 2 rings (SSSR count). The van der Waals surface area contributed by atoms with Crippen LogP contribution in [0.3, 0.4) is 0 Å². The van der Waals surface area contributed by atoms with Gasteiger partial charge in [-0.15, -0.1) is 0 Å². The Morgan fingerprint density at radius 2 is 2.06 bits per heavy atom. The van der Waals surface area contributed by atoms with Gasteiger partial charge in [0, 0.05) is 18.3 Å². The van der Waals surface area contributed by atoms with Crippen LogP contribution >= 0.6 is 0 Å². The molecule has 0 aliphatic heterocycles. The number of amides is 1. The van der Waals surface area contributed by atoms with Crippen molar-refractivity contribution < 1.29 is 9.90 Å². The van der Waals surface area contributed by atoms with E-state index >= 15 is 0 Å². The second-order valence-corrected chi connectivity index (χ2v) is 4.78. The minimum Gasteiger partial charge on any atom is -0.396 e. The highest BCUT2D eigenvalue weighted by Crippen LogP contribution is 2.24. The van der Waals surface area contributed by atoms with E-state index in [0.29, 0.717) is 12.5 Å². The van der Waals surface area contributed by atoms with Gasteiger partial charge < -0.3 is 15.7 Å². The monoisotopic (exact) mass is 248 g/mol. The lowest BCUT2D eigenvalue weighted by Gasteiger charge is -2.18. The van der Waals surface area contributed by atoms with Crippen molar-refractivity contribution in [2.75, 3.05) is 18.5 Å². The summed E-state index contributed by atoms with van der Waals surface area (Å²) in [4.78, 5) is 11.7. The molecular formula is C14H20N2O2. The summed E-state index contributed by atoms with van der Waals surface area (Å²) in [7, 11) is 0. The summed E-state index contributed by atoms with van der Waals surface area (Å²) >= 11 is 0. The first-order valence-corrected chi connectivity index (χ1v) is 6.48. The van der Waals surface area contributed by atoms with E-state index < -0.39 is 0 Å². The van der Waals surface area contributed by atoms with Crippen molar-refractivity contribution in [3.63, 3.8) is 0 Å². The van der Waals surface area contributed by atoms with E-state index in [1.165, 1.54) is 0 Å². The molecule has 1 aromatic rings. The molecule has 3 N–H and O–H groups in total. The molecule has 1 fully saturated rings. The summed E-state index contributed by atoms with van der Waals surface area (Å²) in [5.41, 5.74) is 0.814. The van der Waals surface area contributed by atoms with Gasteiger partial charge in [-0.3, -0.25) is 4.79 Å². The molecule has 2 unspecified atom stereocenters. The van der Waals surface area contributed by atoms with Crippen molar-refractivity contribution in [2.45, 2.75) is 25.3 Å². The Hall–Kier alpha value is -1.39. The van der Waals surface area contributed by atoms with Crippen molar-refractivity contribution in [3.8, 4) is 0 Å². The fourth-order valence-corrected chi connectivity index (χ4v) is 2.47. The van der Waals surface area contributed by atoms with E-state index in [-0.39, 0.29) is 18.6 Å². The SMILES string of the molecule is O=C(CNC1CCCC1CO)Nc1ccccc1. The minimum atomic E-state index is -0.0372. The van der Waals surface area contributed by atoms with Gasteiger partial charge in [-0.25, -0.2) is 0 Å². The average molecular weight is 248 g/mol. The lowest BCUT2D eigenvalue weighted by Crippen LogP contribution is -2.39. The van der Waals surface area contributed by atoms with Crippen LogP contribution in [-0.4, -0.2) is 30.2 Å². The topological polar surface area (TPSA) is 61.4 Å². The molecule has 0 heterocycles. The van der Waals surface area contributed by atoms with Gasteiger partial charge in [0.2, 0.25) is 5.91 Å². The zero-order chi connectivity index (χ0) is 12.8. The highest BCUT2D eigenvalue weighted by atomic mass is 16.3. The van der Waals surface area contributed by atoms with Crippen LogP contribution in [0.1, 0.15) is 19.3 Å². The molecule has 98 valence electrons. The first kappa shape index (κ1) is 13.1. The van der Waals surface area contributed by atoms with Gasteiger partial charge in [0.25, 0.3) is 0 Å². The van der Waals surface area contributed by atoms with Crippen LogP contribution in [-0.2, 0) is 4.79 Å². The van der Waals surface area contributed by atoms with E-state index in [0.717, 1.165) is 24.9 Å². The first-order chi connectivity index (χ1) is 8.79. The van der Waals surface area contributed by atoms with E-state index in [1.54, 1.807) is 0 Å². The second-order valence-electron chi connectivity index (χ2n) is 4.78. The van der Waals surface area contributed by atoms with Crippen molar-refractivity contribution in [3.05, 3.63) is 30.3 Å². The first-order valence-electron chi connectivity index (χ1n) is 6.48. The molecule has 1 saturated carbocycles. The maximum atomic E-state index is 11.7. The van der Waals surface area contributed by atoms with Crippen molar-refractivity contribution >= 4 is 11.6 Å². The molecule has 1 aliphatic carbocycles. The summed E-state index contributed by atoms with van der Waals surface area (Å²) in [5, 5.41) is 15.3. The van der Waals surface area contributed by atoms with Gasteiger partial charge in [-0.2, -0.15) is 0 Å². The van der Waals surface area contributed by atoms with Gasteiger partial charge in [-0.05, 0) is 30.9 Å². The Labute approximate surface area is 107 Å². The zero-order valence-corrected chi connectivity index (χ0v) is 10.4. The number of carbonyl (C=O) groups is 1. The normalized spacial score (nSPS) is 22.9. The number of para-hydroxylation sites is 1. The fourth-order valence-electron chi connectivity index (χ4n) is 2.47. The number of aliphatic hydroxyl groups excluding tert-OH is 1. The van der Waals surface area contributed by atoms with E-state index in [1.807, 2.05) is 30.3 Å². The number of hydrogen-bond donors (Lipinski definition) is 3. The standard InChI is InChI=1S/C14H20N2O2/c17-10-11-5-4-8-13(11)15-9-14(18)16-12-6-2-1-3-7-12/h1-3,6-7,11,13,15,17H,4-5,8-10H2,(H,16,18). The third kappa shape index (κ3) is 3.55. The Kier molecular flexibility index (Phi) is 4.73. The lowest BCUT2D eigenvalue weighted by atomic mass is 10.1. The van der Waals surface area contributed by atoms with Crippen LogP contribution in [0.2, 0.25) is 0 Å². The third-order valence-electron chi connectivity index (χ3n) is 3.48. The maximum Gasteiger partial charge on any atom is 0.238 e. The molecule has 0 aromatic heterocycles. The molecule has 1 aliphatic rings. The van der Waals surface area contributed by atoms with Gasteiger partial charge in [-0.1, -0.05) is 24.6 Å². The highest BCUT2D eigenvalue weighted by molar-refractivity contribution is 5.92. The molecule has 2 atom stereocenters. The summed E-state index contributed by atoms with van der Waals surface area (Å²) in [6.45, 7) is 0.508. The van der Waals surface area contributed by atoms with Crippen LogP contribution in [0, 0.1) is 5.92 Å². The number of rotatable bonds is 5. The summed E-state index contributed by atoms with van der Waals surface area (Å²) in [6.07, 6.45) is 3.22. The molecule has 0 radical (unpaired) electrons. The lowest BCUT2D eigenvalue weighted by molar-refractivity contribution is -0.115. The van der Waals surface area contributed by atoms with Crippen molar-refractivity contribution in [1.82, 2.24) is 5.32 Å². The minimum absolute atomic E-state index is 0.0372. The van der Waals surface area contributed by atoms with Crippen molar-refractivity contribution in [1.29, 1.82) is 0 Å². The predicted octanol–water partition coefficient (Wildman–Crippen LogP) is 1.38. The van der Waals surface area contributed by atoms with Crippen LogP contribution in [0.5, 0.6) is 0 Å². The summed E-state index contributed by atoms with van der Waals surface area (Å²) < 4.78 is 0. The van der Waals surface area contributed by atoms with E-state index in [4.69, 9.17) is 0 Å². The van der Waals surface area contributed by atoms with E-state index in [9.17, 15) is 9.90 Å². The van der Waals surface area contributed by atoms with E-state index in [2.05, 4.69) is 10.6 Å². The molecule has 18 heavy (non-hydrogen) atoms. The molecular weight excluding hydrogens is 228 g/mol. The fraction of sp³-hybridized carbons (Fsp3) is 0.500. The number of aliphatic hydroxyl groups is 1. The molecule has 4 heteroatoms. The number of benzene rings is 1. The van der Waals surface area contributed by atoms with Crippen LogP contribution in [0.15, 0.2) is 30.3 Å². The second kappa shape index (κ2) is 6.52. The highest BCUT2D eigenvalue weighted by Gasteiger charge is 2.26. The summed E-state index contributed by atoms with van der Waals surface area (Å²) in [5.74, 6) is 0.263. The van der Waals surface area contributed by atoms with Crippen LogP contribution in [0.4, 0.5) is 5.69 Å². The number of nitrogens with one attached hydrogen (secondary N) is 2. The van der Waals surface area contributed by atoms with Crippen molar-refractivity contribution in [2.24, 2.45) is 5.92 Å². The van der Waals surface area contributed by atoms with Gasteiger partial charge >= 0.3 is 0 Å². The number of anilines is 1. The predicted molar refractivity (Wildman–Crippen MR) is 71.3 cm³/mol. The average Bonchev–Trinajstić information content (AvgIpc) is 2.85. The quantitative estimate of drug-likeness (QED) is 0.737. The molecule has 4 nitrogen and oxygen atoms in total. The van der Waals surface area contributed by atoms with Crippen LogP contribution < -0.4 is 10.6 Å². The van der Waals surface area contributed by atoms with Gasteiger partial charge in [0.15, 0.2) is 0 Å². The maximum absolute atomic E-state index is 11.7. The molecule has 0 saturated heterocycles. The summed E-state index contributed by atoms with van der Waals surface area (Å²) in [6, 6.07) is 9.70. The Bertz CT molecular complexity index is 381. The molecule has 1 amide bonds. The zero-order valence-electron chi connectivity index (χ0n) is 10.4. The Morgan fingerprint density at radius 3 is 2.78 bits per heavy atom. The van der Waals surface area contributed by atoms with Gasteiger partial charge in [0.1, 0.15) is 0 Å². The number of carbonyl (C=O) groups excluding carboxylic acids is 1.